The van der Waals surface area contributed by atoms with Gasteiger partial charge in [-0.05, 0) is 31.5 Å². The van der Waals surface area contributed by atoms with Crippen LogP contribution in [0, 0.1) is 6.92 Å². The monoisotopic (exact) mass is 224 g/mol. The summed E-state index contributed by atoms with van der Waals surface area (Å²) in [6, 6.07) is 2.91. The largest absolute Gasteiger partial charge is 0.508 e. The van der Waals surface area contributed by atoms with E-state index in [1.54, 1.807) is 13.8 Å². The third-order valence-electron chi connectivity index (χ3n) is 2.34. The van der Waals surface area contributed by atoms with Crippen LogP contribution in [0.25, 0.3) is 0 Å². The minimum Gasteiger partial charge on any atom is -0.508 e. The van der Waals surface area contributed by atoms with Crippen molar-refractivity contribution in [3.05, 3.63) is 23.3 Å². The molecule has 0 aliphatic rings. The van der Waals surface area contributed by atoms with E-state index in [4.69, 9.17) is 5.11 Å². The lowest BCUT2D eigenvalue weighted by Crippen LogP contribution is -2.11. The minimum atomic E-state index is -0.667. The smallest absolute Gasteiger partial charge is 0.139 e. The molecule has 1 unspecified atom stereocenters. The van der Waals surface area contributed by atoms with Gasteiger partial charge in [-0.25, -0.2) is 0 Å². The number of Topliss-reactive ketones (excluding diaryl/α,β-unsaturated/α-hetero) is 1. The molecular formula is C12H16O4. The molecule has 4 heteroatoms. The van der Waals surface area contributed by atoms with Crippen LogP contribution < -0.4 is 0 Å². The van der Waals surface area contributed by atoms with Crippen molar-refractivity contribution < 1.29 is 20.1 Å². The Balaban J connectivity index is 2.79. The summed E-state index contributed by atoms with van der Waals surface area (Å²) in [6.45, 7) is 3.13. The Kier molecular flexibility index (Phi) is 3.90. The highest BCUT2D eigenvalue weighted by molar-refractivity contribution is 5.81. The normalized spacial score (nSPS) is 12.4. The summed E-state index contributed by atoms with van der Waals surface area (Å²) in [5.41, 5.74) is 0.943. The van der Waals surface area contributed by atoms with Crippen LogP contribution in [-0.2, 0) is 11.2 Å². The zero-order valence-corrected chi connectivity index (χ0v) is 9.40. The molecule has 0 amide bonds. The van der Waals surface area contributed by atoms with Crippen LogP contribution in [-0.4, -0.2) is 27.2 Å². The first-order valence-corrected chi connectivity index (χ1v) is 5.11. The van der Waals surface area contributed by atoms with Gasteiger partial charge in [0.25, 0.3) is 0 Å². The summed E-state index contributed by atoms with van der Waals surface area (Å²) in [6.07, 6.45) is -0.484. The van der Waals surface area contributed by atoms with E-state index in [9.17, 15) is 15.0 Å². The zero-order chi connectivity index (χ0) is 12.3. The summed E-state index contributed by atoms with van der Waals surface area (Å²) in [5, 5.41) is 27.9. The van der Waals surface area contributed by atoms with Crippen LogP contribution >= 0.6 is 0 Å². The third-order valence-corrected chi connectivity index (χ3v) is 2.34. The molecule has 0 bridgehead atoms. The van der Waals surface area contributed by atoms with Crippen LogP contribution in [0.5, 0.6) is 11.5 Å². The predicted molar refractivity (Wildman–Crippen MR) is 59.5 cm³/mol. The number of phenols is 2. The van der Waals surface area contributed by atoms with Crippen LogP contribution in [0.3, 0.4) is 0 Å². The van der Waals surface area contributed by atoms with Crippen molar-refractivity contribution in [2.45, 2.75) is 32.8 Å². The molecule has 0 aliphatic carbocycles. The van der Waals surface area contributed by atoms with Gasteiger partial charge in [0.2, 0.25) is 0 Å². The maximum absolute atomic E-state index is 11.4. The number of carbonyl (C=O) groups is 1. The predicted octanol–water partition coefficient (Wildman–Crippen LogP) is 1.29. The van der Waals surface area contributed by atoms with Gasteiger partial charge in [0, 0.05) is 18.4 Å². The fourth-order valence-electron chi connectivity index (χ4n) is 1.47. The first-order chi connectivity index (χ1) is 7.40. The van der Waals surface area contributed by atoms with Crippen molar-refractivity contribution in [1.29, 1.82) is 0 Å². The molecule has 0 spiro atoms. The van der Waals surface area contributed by atoms with Crippen LogP contribution in [0.15, 0.2) is 12.1 Å². The van der Waals surface area contributed by atoms with Gasteiger partial charge in [-0.2, -0.15) is 0 Å². The molecule has 88 valence electrons. The third kappa shape index (κ3) is 3.24. The van der Waals surface area contributed by atoms with Gasteiger partial charge in [-0.3, -0.25) is 4.79 Å². The van der Waals surface area contributed by atoms with E-state index in [1.165, 1.54) is 12.1 Å². The number of aliphatic hydroxyl groups excluding tert-OH is 1. The van der Waals surface area contributed by atoms with Crippen molar-refractivity contribution in [1.82, 2.24) is 0 Å². The number of carbonyl (C=O) groups excluding carboxylic acids is 1. The molecule has 0 saturated carbocycles. The topological polar surface area (TPSA) is 77.8 Å². The van der Waals surface area contributed by atoms with Crippen molar-refractivity contribution in [3.63, 3.8) is 0 Å². The average molecular weight is 224 g/mol. The molecule has 0 radical (unpaired) electrons. The Labute approximate surface area is 94.2 Å². The maximum Gasteiger partial charge on any atom is 0.139 e. The van der Waals surface area contributed by atoms with Gasteiger partial charge in [-0.1, -0.05) is 0 Å². The lowest BCUT2D eigenvalue weighted by molar-refractivity contribution is -0.120. The number of benzene rings is 1. The molecule has 1 rings (SSSR count). The van der Waals surface area contributed by atoms with Crippen molar-refractivity contribution in [2.75, 3.05) is 0 Å². The minimum absolute atomic E-state index is 0.0279. The lowest BCUT2D eigenvalue weighted by Gasteiger charge is -2.07. The SMILES string of the molecule is Cc1c(O)cc(CC(=O)CC(C)O)cc1O. The van der Waals surface area contributed by atoms with Crippen molar-refractivity contribution in [2.24, 2.45) is 0 Å². The summed E-state index contributed by atoms with van der Waals surface area (Å²) >= 11 is 0. The van der Waals surface area contributed by atoms with E-state index in [1.807, 2.05) is 0 Å². The lowest BCUT2D eigenvalue weighted by atomic mass is 10.0. The molecule has 4 nitrogen and oxygen atoms in total. The Morgan fingerprint density at radius 2 is 1.81 bits per heavy atom. The fraction of sp³-hybridized carbons (Fsp3) is 0.417. The first kappa shape index (κ1) is 12.5. The molecule has 1 aromatic carbocycles. The molecule has 0 aliphatic heterocycles. The van der Waals surface area contributed by atoms with Gasteiger partial charge < -0.3 is 15.3 Å². The Morgan fingerprint density at radius 1 is 1.31 bits per heavy atom. The van der Waals surface area contributed by atoms with Gasteiger partial charge in [0.05, 0.1) is 6.10 Å². The summed E-state index contributed by atoms with van der Waals surface area (Å²) < 4.78 is 0. The quantitative estimate of drug-likeness (QED) is 0.720. The Bertz CT molecular complexity index is 373. The highest BCUT2D eigenvalue weighted by Gasteiger charge is 2.10. The van der Waals surface area contributed by atoms with Gasteiger partial charge >= 0.3 is 0 Å². The molecule has 3 N–H and O–H groups in total. The number of phenolic OH excluding ortho intramolecular Hbond substituents is 2. The highest BCUT2D eigenvalue weighted by atomic mass is 16.3. The molecule has 0 saturated heterocycles. The average Bonchev–Trinajstić information content (AvgIpc) is 2.12. The van der Waals surface area contributed by atoms with Gasteiger partial charge in [-0.15, -0.1) is 0 Å². The van der Waals surface area contributed by atoms with E-state index in [-0.39, 0.29) is 30.1 Å². The molecule has 0 aromatic heterocycles. The first-order valence-electron chi connectivity index (χ1n) is 5.11. The van der Waals surface area contributed by atoms with Crippen molar-refractivity contribution in [3.8, 4) is 11.5 Å². The summed E-state index contributed by atoms with van der Waals surface area (Å²) in [4.78, 5) is 11.4. The number of hydrogen-bond acceptors (Lipinski definition) is 4. The number of aliphatic hydroxyl groups is 1. The second-order valence-electron chi connectivity index (χ2n) is 4.03. The fourth-order valence-corrected chi connectivity index (χ4v) is 1.47. The Hall–Kier alpha value is -1.55. The molecule has 0 fully saturated rings. The van der Waals surface area contributed by atoms with Crippen molar-refractivity contribution >= 4 is 5.78 Å². The van der Waals surface area contributed by atoms with E-state index < -0.39 is 6.10 Å². The van der Waals surface area contributed by atoms with Gasteiger partial charge in [0.1, 0.15) is 17.3 Å². The van der Waals surface area contributed by atoms with Crippen LogP contribution in [0.1, 0.15) is 24.5 Å². The molecular weight excluding hydrogens is 208 g/mol. The number of hydrogen-bond donors (Lipinski definition) is 3. The number of aromatic hydroxyl groups is 2. The second-order valence-corrected chi connectivity index (χ2v) is 4.03. The molecule has 1 atom stereocenters. The van der Waals surface area contributed by atoms with Crippen LogP contribution in [0.4, 0.5) is 0 Å². The molecule has 1 aromatic rings. The Morgan fingerprint density at radius 3 is 2.25 bits per heavy atom. The molecule has 16 heavy (non-hydrogen) atoms. The van der Waals surface area contributed by atoms with E-state index in [0.29, 0.717) is 11.1 Å². The molecule has 0 heterocycles. The zero-order valence-electron chi connectivity index (χ0n) is 9.40. The standard InChI is InChI=1S/C12H16O4/c1-7(13)3-10(14)4-9-5-11(15)8(2)12(16)6-9/h5-7,13,15-16H,3-4H2,1-2H3. The second kappa shape index (κ2) is 4.99. The summed E-state index contributed by atoms with van der Waals surface area (Å²) in [7, 11) is 0. The van der Waals surface area contributed by atoms with E-state index in [2.05, 4.69) is 0 Å². The maximum atomic E-state index is 11.4. The van der Waals surface area contributed by atoms with E-state index >= 15 is 0 Å². The van der Waals surface area contributed by atoms with E-state index in [0.717, 1.165) is 0 Å². The summed E-state index contributed by atoms with van der Waals surface area (Å²) in [5.74, 6) is -0.183. The highest BCUT2D eigenvalue weighted by Crippen LogP contribution is 2.27. The number of ketones is 1. The van der Waals surface area contributed by atoms with Crippen LogP contribution in [0.2, 0.25) is 0 Å². The number of rotatable bonds is 4. The van der Waals surface area contributed by atoms with Gasteiger partial charge in [0.15, 0.2) is 0 Å².